The number of fused-ring (bicyclic) bond motifs is 1. The Balaban J connectivity index is 1.92. The van der Waals surface area contributed by atoms with Gasteiger partial charge in [-0.2, -0.15) is 5.10 Å². The minimum Gasteiger partial charge on any atom is -0.463 e. The van der Waals surface area contributed by atoms with Gasteiger partial charge in [0.15, 0.2) is 0 Å². The summed E-state index contributed by atoms with van der Waals surface area (Å²) in [6, 6.07) is 15.3. The second-order valence-electron chi connectivity index (χ2n) is 5.17. The number of rotatable bonds is 4. The van der Waals surface area contributed by atoms with Gasteiger partial charge in [0.25, 0.3) is 5.56 Å². The van der Waals surface area contributed by atoms with E-state index in [1.807, 2.05) is 55.5 Å². The van der Waals surface area contributed by atoms with Crippen LogP contribution in [0.1, 0.15) is 18.2 Å². The van der Waals surface area contributed by atoms with Crippen molar-refractivity contribution in [3.05, 3.63) is 82.5 Å². The normalized spacial score (nSPS) is 10.6. The monoisotopic (exact) mass is 292 g/mol. The average Bonchev–Trinajstić information content (AvgIpc) is 2.52. The van der Waals surface area contributed by atoms with E-state index in [1.54, 1.807) is 0 Å². The molecule has 0 atom stereocenters. The van der Waals surface area contributed by atoms with Crippen LogP contribution in [0.15, 0.2) is 65.7 Å². The number of nitrogens with one attached hydrogen (secondary N) is 1. The molecule has 4 heteroatoms. The number of hydrogen-bond donors (Lipinski definition) is 1. The van der Waals surface area contributed by atoms with Gasteiger partial charge in [-0.15, -0.1) is 0 Å². The Morgan fingerprint density at radius 3 is 2.50 bits per heavy atom. The van der Waals surface area contributed by atoms with E-state index in [9.17, 15) is 4.79 Å². The van der Waals surface area contributed by atoms with Crippen molar-refractivity contribution in [3.63, 3.8) is 0 Å². The van der Waals surface area contributed by atoms with Gasteiger partial charge >= 0.3 is 0 Å². The second-order valence-corrected chi connectivity index (χ2v) is 5.17. The van der Waals surface area contributed by atoms with Gasteiger partial charge in [0.1, 0.15) is 5.75 Å². The molecule has 0 fully saturated rings. The first kappa shape index (κ1) is 14.1. The number of benzene rings is 2. The molecule has 0 aliphatic heterocycles. The van der Waals surface area contributed by atoms with Gasteiger partial charge in [0.05, 0.1) is 16.8 Å². The minimum atomic E-state index is -0.162. The number of nitrogens with zero attached hydrogens (tertiary/aromatic N) is 1. The molecule has 0 amide bonds. The summed E-state index contributed by atoms with van der Waals surface area (Å²) >= 11 is 0. The third-order valence-corrected chi connectivity index (χ3v) is 3.36. The van der Waals surface area contributed by atoms with Gasteiger partial charge in [-0.3, -0.25) is 4.79 Å². The van der Waals surface area contributed by atoms with E-state index in [2.05, 4.69) is 16.8 Å². The number of allylic oxidation sites excluding steroid dienone is 1. The Hall–Kier alpha value is -2.88. The molecule has 0 aliphatic rings. The fraction of sp³-hybridized carbons (Fsp3) is 0.111. The summed E-state index contributed by atoms with van der Waals surface area (Å²) < 4.78 is 5.45. The molecule has 3 rings (SSSR count). The maximum Gasteiger partial charge on any atom is 0.272 e. The molecule has 1 N–H and O–H groups in total. The number of ether oxygens (including phenoxy) is 1. The summed E-state index contributed by atoms with van der Waals surface area (Å²) in [5.74, 6) is 1.41. The molecule has 4 nitrogen and oxygen atoms in total. The molecule has 0 aliphatic carbocycles. The van der Waals surface area contributed by atoms with Crippen LogP contribution in [-0.2, 0) is 6.42 Å². The summed E-state index contributed by atoms with van der Waals surface area (Å²) in [6.45, 7) is 5.53. The summed E-state index contributed by atoms with van der Waals surface area (Å²) in [4.78, 5) is 11.8. The van der Waals surface area contributed by atoms with Crippen molar-refractivity contribution in [2.24, 2.45) is 0 Å². The highest BCUT2D eigenvalue weighted by atomic mass is 16.5. The van der Waals surface area contributed by atoms with Crippen LogP contribution in [0.5, 0.6) is 5.75 Å². The summed E-state index contributed by atoms with van der Waals surface area (Å²) in [5.41, 5.74) is 1.78. The summed E-state index contributed by atoms with van der Waals surface area (Å²) in [5, 5.41) is 8.29. The second kappa shape index (κ2) is 5.85. The van der Waals surface area contributed by atoms with Crippen molar-refractivity contribution in [2.75, 3.05) is 0 Å². The van der Waals surface area contributed by atoms with Crippen LogP contribution in [0.25, 0.3) is 10.8 Å². The van der Waals surface area contributed by atoms with Crippen molar-refractivity contribution in [2.45, 2.75) is 13.3 Å². The third-order valence-electron chi connectivity index (χ3n) is 3.36. The Labute approximate surface area is 128 Å². The summed E-state index contributed by atoms with van der Waals surface area (Å²) in [7, 11) is 0. The molecule has 0 radical (unpaired) electrons. The lowest BCUT2D eigenvalue weighted by atomic mass is 10.0. The Kier molecular flexibility index (Phi) is 3.74. The lowest BCUT2D eigenvalue weighted by molar-refractivity contribution is 0.430. The van der Waals surface area contributed by atoms with Gasteiger partial charge in [-0.05, 0) is 30.7 Å². The predicted octanol–water partition coefficient (Wildman–Crippen LogP) is 3.43. The Bertz CT molecular complexity index is 879. The maximum atomic E-state index is 11.8. The van der Waals surface area contributed by atoms with E-state index in [1.165, 1.54) is 0 Å². The first-order valence-corrected chi connectivity index (χ1v) is 7.02. The molecule has 110 valence electrons. The standard InChI is InChI=1S/C18H16N2O2/c1-12(2)22-14-9-7-13(8-10-14)11-17-15-5-3-4-6-16(15)18(21)20-19-17/h3-10H,1,11H2,2H3,(H,20,21). The minimum absolute atomic E-state index is 0.162. The van der Waals surface area contributed by atoms with Crippen LogP contribution in [0, 0.1) is 0 Å². The average molecular weight is 292 g/mol. The van der Waals surface area contributed by atoms with Crippen LogP contribution in [-0.4, -0.2) is 10.2 Å². The van der Waals surface area contributed by atoms with E-state index in [0.29, 0.717) is 17.6 Å². The molecule has 0 unspecified atom stereocenters. The van der Waals surface area contributed by atoms with E-state index in [4.69, 9.17) is 4.74 Å². The van der Waals surface area contributed by atoms with Crippen molar-refractivity contribution in [1.82, 2.24) is 10.2 Å². The molecule has 22 heavy (non-hydrogen) atoms. The van der Waals surface area contributed by atoms with E-state index in [-0.39, 0.29) is 5.56 Å². The zero-order valence-corrected chi connectivity index (χ0v) is 12.3. The van der Waals surface area contributed by atoms with Crippen molar-refractivity contribution in [1.29, 1.82) is 0 Å². The van der Waals surface area contributed by atoms with Crippen LogP contribution in [0.2, 0.25) is 0 Å². The Morgan fingerprint density at radius 2 is 1.82 bits per heavy atom. The number of H-pyrrole nitrogens is 1. The fourth-order valence-electron chi connectivity index (χ4n) is 2.38. The zero-order chi connectivity index (χ0) is 15.5. The Morgan fingerprint density at radius 1 is 1.14 bits per heavy atom. The molecular formula is C18H16N2O2. The van der Waals surface area contributed by atoms with E-state index < -0.39 is 0 Å². The van der Waals surface area contributed by atoms with Crippen molar-refractivity contribution < 1.29 is 4.74 Å². The maximum absolute atomic E-state index is 11.8. The topological polar surface area (TPSA) is 55.0 Å². The SMILES string of the molecule is C=C(C)Oc1ccc(Cc2n[nH]c(=O)c3ccccc23)cc1. The van der Waals surface area contributed by atoms with Gasteiger partial charge in [0, 0.05) is 11.8 Å². The van der Waals surface area contributed by atoms with E-state index in [0.717, 1.165) is 22.4 Å². The van der Waals surface area contributed by atoms with Crippen molar-refractivity contribution >= 4 is 10.8 Å². The van der Waals surface area contributed by atoms with Crippen LogP contribution in [0.4, 0.5) is 0 Å². The predicted molar refractivity (Wildman–Crippen MR) is 87.1 cm³/mol. The van der Waals surface area contributed by atoms with Crippen molar-refractivity contribution in [3.8, 4) is 5.75 Å². The largest absolute Gasteiger partial charge is 0.463 e. The zero-order valence-electron chi connectivity index (χ0n) is 12.3. The molecule has 0 saturated heterocycles. The molecule has 0 spiro atoms. The van der Waals surface area contributed by atoms with Crippen LogP contribution < -0.4 is 10.3 Å². The molecule has 3 aromatic rings. The highest BCUT2D eigenvalue weighted by molar-refractivity contribution is 5.83. The van der Waals surface area contributed by atoms with E-state index >= 15 is 0 Å². The van der Waals surface area contributed by atoms with Gasteiger partial charge < -0.3 is 4.74 Å². The van der Waals surface area contributed by atoms with Gasteiger partial charge in [0.2, 0.25) is 0 Å². The number of aromatic amines is 1. The van der Waals surface area contributed by atoms with Gasteiger partial charge in [-0.25, -0.2) is 5.10 Å². The lowest BCUT2D eigenvalue weighted by Crippen LogP contribution is -2.11. The molecule has 2 aromatic carbocycles. The number of hydrogen-bond acceptors (Lipinski definition) is 3. The highest BCUT2D eigenvalue weighted by Crippen LogP contribution is 2.19. The highest BCUT2D eigenvalue weighted by Gasteiger charge is 2.07. The smallest absolute Gasteiger partial charge is 0.272 e. The van der Waals surface area contributed by atoms with Crippen LogP contribution >= 0.6 is 0 Å². The molecule has 1 aromatic heterocycles. The quantitative estimate of drug-likeness (QED) is 0.750. The molecule has 1 heterocycles. The molecule has 0 bridgehead atoms. The molecular weight excluding hydrogens is 276 g/mol. The van der Waals surface area contributed by atoms with Gasteiger partial charge in [-0.1, -0.05) is 36.9 Å². The first-order valence-electron chi connectivity index (χ1n) is 7.02. The molecule has 0 saturated carbocycles. The summed E-state index contributed by atoms with van der Waals surface area (Å²) in [6.07, 6.45) is 0.643. The lowest BCUT2D eigenvalue weighted by Gasteiger charge is -2.07. The van der Waals surface area contributed by atoms with Crippen LogP contribution in [0.3, 0.4) is 0 Å². The fourth-order valence-corrected chi connectivity index (χ4v) is 2.38. The third kappa shape index (κ3) is 2.91. The number of aromatic nitrogens is 2. The first-order chi connectivity index (χ1) is 10.6.